The van der Waals surface area contributed by atoms with Gasteiger partial charge in [-0.15, -0.1) is 0 Å². The van der Waals surface area contributed by atoms with Gasteiger partial charge in [-0.25, -0.2) is 9.78 Å². The van der Waals surface area contributed by atoms with Crippen molar-refractivity contribution in [3.8, 4) is 5.69 Å². The molecule has 1 aliphatic heterocycles. The van der Waals surface area contributed by atoms with Crippen molar-refractivity contribution in [3.05, 3.63) is 106 Å². The number of carbonyl (C=O) groups is 1. The molecular formula is C29H26F3N5O3. The average molecular weight is 550 g/mol. The van der Waals surface area contributed by atoms with E-state index in [-0.39, 0.29) is 18.7 Å². The lowest BCUT2D eigenvalue weighted by Gasteiger charge is -2.19. The van der Waals surface area contributed by atoms with E-state index in [4.69, 9.17) is 5.11 Å². The van der Waals surface area contributed by atoms with Crippen molar-refractivity contribution in [1.82, 2.24) is 19.4 Å². The number of aromatic nitrogens is 3. The van der Waals surface area contributed by atoms with Gasteiger partial charge in [0.05, 0.1) is 35.3 Å². The number of halogens is 3. The molecule has 5 rings (SSSR count). The van der Waals surface area contributed by atoms with Crippen LogP contribution in [0.3, 0.4) is 0 Å². The molecule has 40 heavy (non-hydrogen) atoms. The Bertz CT molecular complexity index is 1660. The van der Waals surface area contributed by atoms with Crippen LogP contribution in [0.25, 0.3) is 16.9 Å². The Morgan fingerprint density at radius 1 is 1.20 bits per heavy atom. The third-order valence-corrected chi connectivity index (χ3v) is 6.63. The number of hydrogen-bond acceptors (Lipinski definition) is 5. The van der Waals surface area contributed by atoms with Crippen molar-refractivity contribution in [1.29, 1.82) is 0 Å². The van der Waals surface area contributed by atoms with E-state index in [9.17, 15) is 22.8 Å². The van der Waals surface area contributed by atoms with Gasteiger partial charge < -0.3 is 10.4 Å². The fraction of sp³-hybridized carbons (Fsp3) is 0.241. The third kappa shape index (κ3) is 5.40. The van der Waals surface area contributed by atoms with Gasteiger partial charge in [-0.2, -0.15) is 13.2 Å². The summed E-state index contributed by atoms with van der Waals surface area (Å²) in [6, 6.07) is 9.52. The van der Waals surface area contributed by atoms with Gasteiger partial charge >= 0.3 is 17.8 Å². The molecule has 2 aromatic heterocycles. The summed E-state index contributed by atoms with van der Waals surface area (Å²) in [5.74, 6) is -0.454. The number of pyridine rings is 1. The highest BCUT2D eigenvalue weighted by atomic mass is 19.4. The number of alkyl halides is 3. The van der Waals surface area contributed by atoms with Crippen LogP contribution in [0.15, 0.2) is 100.0 Å². The first-order chi connectivity index (χ1) is 19.2. The van der Waals surface area contributed by atoms with E-state index in [0.29, 0.717) is 40.2 Å². The summed E-state index contributed by atoms with van der Waals surface area (Å²) in [5, 5.41) is 12.2. The van der Waals surface area contributed by atoms with Crippen molar-refractivity contribution in [3.63, 3.8) is 0 Å². The Morgan fingerprint density at radius 3 is 2.67 bits per heavy atom. The summed E-state index contributed by atoms with van der Waals surface area (Å²) in [7, 11) is 0. The first kappa shape index (κ1) is 26.9. The van der Waals surface area contributed by atoms with Crippen LogP contribution < -0.4 is 11.0 Å². The third-order valence-electron chi connectivity index (χ3n) is 6.63. The minimum absolute atomic E-state index is 0.108. The Morgan fingerprint density at radius 2 is 1.98 bits per heavy atom. The zero-order valence-electron chi connectivity index (χ0n) is 21.5. The van der Waals surface area contributed by atoms with Crippen molar-refractivity contribution < 1.29 is 23.1 Å². The van der Waals surface area contributed by atoms with Crippen LogP contribution in [0, 0.1) is 0 Å². The van der Waals surface area contributed by atoms with Gasteiger partial charge in [-0.05, 0) is 54.5 Å². The molecule has 1 aliphatic carbocycles. The number of benzene rings is 1. The quantitative estimate of drug-likeness (QED) is 0.397. The van der Waals surface area contributed by atoms with Gasteiger partial charge in [-0.3, -0.25) is 18.9 Å². The molecule has 2 atom stereocenters. The summed E-state index contributed by atoms with van der Waals surface area (Å²) < 4.78 is 42.4. The Balaban J connectivity index is 1.41. The Labute approximate surface area is 227 Å². The maximum atomic E-state index is 13.5. The van der Waals surface area contributed by atoms with E-state index in [2.05, 4.69) is 15.3 Å². The van der Waals surface area contributed by atoms with Gasteiger partial charge in [0.2, 0.25) is 0 Å². The van der Waals surface area contributed by atoms with E-state index in [0.717, 1.165) is 12.2 Å². The first-order valence-electron chi connectivity index (χ1n) is 12.7. The summed E-state index contributed by atoms with van der Waals surface area (Å²) >= 11 is 0. The Hall–Kier alpha value is -4.67. The molecule has 0 saturated heterocycles. The van der Waals surface area contributed by atoms with E-state index in [1.54, 1.807) is 54.7 Å². The highest BCUT2D eigenvalue weighted by Crippen LogP contribution is 2.31. The predicted octanol–water partition coefficient (Wildman–Crippen LogP) is 4.70. The van der Waals surface area contributed by atoms with Gasteiger partial charge in [0.1, 0.15) is 5.84 Å². The number of aliphatic imine (C=N–C) groups is 1. The van der Waals surface area contributed by atoms with Crippen molar-refractivity contribution in [2.45, 2.75) is 44.6 Å². The van der Waals surface area contributed by atoms with E-state index < -0.39 is 29.8 Å². The number of carboxylic acid groups (broad SMARTS) is 1. The lowest BCUT2D eigenvalue weighted by Crippen LogP contribution is -2.35. The number of nitrogens with zero attached hydrogens (tertiary/aromatic N) is 4. The lowest BCUT2D eigenvalue weighted by atomic mass is 9.99. The van der Waals surface area contributed by atoms with Crippen LogP contribution in [0.2, 0.25) is 0 Å². The number of fused-ring (bicyclic) bond motifs is 2. The molecule has 0 radical (unpaired) electrons. The molecule has 2 aliphatic rings. The number of rotatable bonds is 8. The molecule has 3 aromatic rings. The van der Waals surface area contributed by atoms with Crippen molar-refractivity contribution >= 4 is 23.0 Å². The number of amidine groups is 1. The minimum Gasteiger partial charge on any atom is -0.481 e. The normalized spacial score (nSPS) is 19.1. The highest BCUT2D eigenvalue weighted by Gasteiger charge is 2.37. The number of aliphatic carboxylic acids is 1. The molecular weight excluding hydrogens is 523 g/mol. The summed E-state index contributed by atoms with van der Waals surface area (Å²) in [6.07, 6.45) is 6.68. The maximum absolute atomic E-state index is 13.5. The second-order valence-corrected chi connectivity index (χ2v) is 9.40. The topological polar surface area (TPSA) is 102 Å². The van der Waals surface area contributed by atoms with Crippen LogP contribution in [0.1, 0.15) is 25.3 Å². The van der Waals surface area contributed by atoms with Crippen LogP contribution in [-0.2, 0) is 11.3 Å². The fourth-order valence-electron chi connectivity index (χ4n) is 4.82. The molecule has 2 unspecified atom stereocenters. The van der Waals surface area contributed by atoms with Gasteiger partial charge in [0.15, 0.2) is 5.65 Å². The first-order valence-corrected chi connectivity index (χ1v) is 12.7. The Kier molecular flexibility index (Phi) is 7.29. The smallest absolute Gasteiger partial charge is 0.416 e. The second kappa shape index (κ2) is 10.8. The minimum atomic E-state index is -4.42. The number of allylic oxidation sites excluding steroid dienone is 5. The molecule has 0 fully saturated rings. The molecule has 0 spiro atoms. The van der Waals surface area contributed by atoms with Crippen molar-refractivity contribution in [2.24, 2.45) is 4.99 Å². The largest absolute Gasteiger partial charge is 0.481 e. The monoisotopic (exact) mass is 549 g/mol. The molecule has 2 N–H and O–H groups in total. The molecule has 206 valence electrons. The molecule has 0 saturated carbocycles. The van der Waals surface area contributed by atoms with Gasteiger partial charge in [0, 0.05) is 18.3 Å². The molecule has 1 aromatic carbocycles. The van der Waals surface area contributed by atoms with Crippen LogP contribution in [0.5, 0.6) is 0 Å². The molecule has 0 amide bonds. The zero-order chi connectivity index (χ0) is 28.4. The molecule has 11 heteroatoms. The number of hydrogen-bond donors (Lipinski definition) is 2. The standard InChI is InChI=1S/C29H26F3N5O3/c1-2-5-18(16-25(38)39)6-4-15-36-27-24(7-3-14-33-27)37(28(36)40)21-11-8-19(9-12-21)26-34-22-13-10-20(29(30,31)32)17-23(22)35-26/h3-14,17,22-23H,2,15-16H2,1H3,(H,34,35)(H,38,39). The predicted molar refractivity (Wildman–Crippen MR) is 146 cm³/mol. The molecule has 3 heterocycles. The molecule has 0 bridgehead atoms. The lowest BCUT2D eigenvalue weighted by molar-refractivity contribution is -0.136. The van der Waals surface area contributed by atoms with Gasteiger partial charge in [0.25, 0.3) is 0 Å². The average Bonchev–Trinajstić information content (AvgIpc) is 3.46. The SMILES string of the molecule is CCC=C(C=CCn1c(=O)n(-c2ccc(C3=NC4C=CC(C(F)(F)F)=CC4N3)cc2)c2cccnc21)CC(=O)O. The summed E-state index contributed by atoms with van der Waals surface area (Å²) in [6.45, 7) is 2.12. The van der Waals surface area contributed by atoms with Crippen LogP contribution in [-0.4, -0.2) is 49.3 Å². The van der Waals surface area contributed by atoms with Gasteiger partial charge in [-0.1, -0.05) is 37.3 Å². The van der Waals surface area contributed by atoms with Crippen LogP contribution in [0.4, 0.5) is 13.2 Å². The fourth-order valence-corrected chi connectivity index (χ4v) is 4.82. The van der Waals surface area contributed by atoms with Crippen LogP contribution >= 0.6 is 0 Å². The summed E-state index contributed by atoms with van der Waals surface area (Å²) in [4.78, 5) is 33.5. The zero-order valence-corrected chi connectivity index (χ0v) is 21.5. The summed E-state index contributed by atoms with van der Waals surface area (Å²) in [5.41, 5.74) is 1.97. The number of nitrogens with one attached hydrogen (secondary N) is 1. The van der Waals surface area contributed by atoms with E-state index in [1.165, 1.54) is 15.2 Å². The highest BCUT2D eigenvalue weighted by molar-refractivity contribution is 6.01. The molecule has 8 nitrogen and oxygen atoms in total. The number of carboxylic acids is 1. The number of imidazole rings is 1. The maximum Gasteiger partial charge on any atom is 0.416 e. The van der Waals surface area contributed by atoms with Crippen molar-refractivity contribution in [2.75, 3.05) is 0 Å². The second-order valence-electron chi connectivity index (χ2n) is 9.40. The van der Waals surface area contributed by atoms with E-state index >= 15 is 0 Å². The van der Waals surface area contributed by atoms with E-state index in [1.807, 2.05) is 13.0 Å².